The second-order valence-corrected chi connectivity index (χ2v) is 7.60. The summed E-state index contributed by atoms with van der Waals surface area (Å²) in [5.74, 6) is 0.137. The van der Waals surface area contributed by atoms with Crippen molar-refractivity contribution >= 4 is 11.9 Å². The normalized spacial score (nSPS) is 16.2. The van der Waals surface area contributed by atoms with Gasteiger partial charge in [0.1, 0.15) is 5.54 Å². The topological polar surface area (TPSA) is 70.2 Å². The summed E-state index contributed by atoms with van der Waals surface area (Å²) < 4.78 is 0. The smallest absolute Gasteiger partial charge is 0.315 e. The molecule has 2 aromatic carbocycles. The first-order valence-electron chi connectivity index (χ1n) is 10.0. The van der Waals surface area contributed by atoms with Crippen LogP contribution >= 0.6 is 0 Å². The largest absolute Gasteiger partial charge is 0.353 e. The number of hydrogen-bond acceptors (Lipinski definition) is 2. The Hall–Kier alpha value is -2.82. The number of carbonyl (C=O) groups is 2. The summed E-state index contributed by atoms with van der Waals surface area (Å²) in [7, 11) is 0. The molecule has 0 unspecified atom stereocenters. The molecule has 0 saturated heterocycles. The Balaban J connectivity index is 1.55. The van der Waals surface area contributed by atoms with Gasteiger partial charge in [-0.15, -0.1) is 0 Å². The minimum atomic E-state index is -0.808. The molecule has 2 aromatic rings. The zero-order valence-corrected chi connectivity index (χ0v) is 16.4. The van der Waals surface area contributed by atoms with Gasteiger partial charge in [0.25, 0.3) is 0 Å². The SMILES string of the molecule is C[C@@H](CNC(=O)C1(NC(=O)NCc2ccccc2)CCCC1)c1ccccc1. The summed E-state index contributed by atoms with van der Waals surface area (Å²) in [4.78, 5) is 25.4. The first kappa shape index (κ1) is 19.9. The van der Waals surface area contributed by atoms with Gasteiger partial charge in [-0.3, -0.25) is 4.79 Å². The molecule has 0 bridgehead atoms. The van der Waals surface area contributed by atoms with Gasteiger partial charge in [-0.2, -0.15) is 0 Å². The molecule has 0 radical (unpaired) electrons. The summed E-state index contributed by atoms with van der Waals surface area (Å²) in [6.07, 6.45) is 3.25. The van der Waals surface area contributed by atoms with Gasteiger partial charge in [-0.25, -0.2) is 4.79 Å². The Kier molecular flexibility index (Phi) is 6.69. The van der Waals surface area contributed by atoms with Gasteiger partial charge in [0, 0.05) is 13.1 Å². The molecule has 148 valence electrons. The Morgan fingerprint density at radius 3 is 2.18 bits per heavy atom. The van der Waals surface area contributed by atoms with Crippen LogP contribution < -0.4 is 16.0 Å². The lowest BCUT2D eigenvalue weighted by atomic mass is 9.95. The van der Waals surface area contributed by atoms with Crippen LogP contribution in [0, 0.1) is 0 Å². The number of nitrogens with one attached hydrogen (secondary N) is 3. The van der Waals surface area contributed by atoms with Crippen LogP contribution in [0.15, 0.2) is 60.7 Å². The van der Waals surface area contributed by atoms with Gasteiger partial charge in [0.15, 0.2) is 0 Å². The van der Waals surface area contributed by atoms with Crippen molar-refractivity contribution < 1.29 is 9.59 Å². The van der Waals surface area contributed by atoms with Crippen molar-refractivity contribution in [2.75, 3.05) is 6.54 Å². The molecule has 0 heterocycles. The fourth-order valence-corrected chi connectivity index (χ4v) is 3.74. The van der Waals surface area contributed by atoms with E-state index in [4.69, 9.17) is 0 Å². The molecule has 0 spiro atoms. The fourth-order valence-electron chi connectivity index (χ4n) is 3.74. The minimum Gasteiger partial charge on any atom is -0.353 e. The minimum absolute atomic E-state index is 0.0809. The maximum absolute atomic E-state index is 13.0. The van der Waals surface area contributed by atoms with E-state index in [2.05, 4.69) is 35.0 Å². The average Bonchev–Trinajstić information content (AvgIpc) is 3.21. The Morgan fingerprint density at radius 1 is 0.929 bits per heavy atom. The first-order valence-corrected chi connectivity index (χ1v) is 10.0. The summed E-state index contributed by atoms with van der Waals surface area (Å²) in [6.45, 7) is 3.09. The molecule has 28 heavy (non-hydrogen) atoms. The van der Waals surface area contributed by atoms with E-state index in [0.717, 1.165) is 18.4 Å². The van der Waals surface area contributed by atoms with Crippen LogP contribution in [0.2, 0.25) is 0 Å². The number of carbonyl (C=O) groups excluding carboxylic acids is 2. The predicted molar refractivity (Wildman–Crippen MR) is 111 cm³/mol. The van der Waals surface area contributed by atoms with Crippen molar-refractivity contribution in [3.63, 3.8) is 0 Å². The van der Waals surface area contributed by atoms with Crippen molar-refractivity contribution in [1.29, 1.82) is 0 Å². The third-order valence-corrected chi connectivity index (χ3v) is 5.48. The van der Waals surface area contributed by atoms with E-state index in [-0.39, 0.29) is 17.9 Å². The lowest BCUT2D eigenvalue weighted by molar-refractivity contribution is -0.127. The number of amides is 3. The van der Waals surface area contributed by atoms with Crippen LogP contribution in [0.3, 0.4) is 0 Å². The molecule has 3 rings (SSSR count). The highest BCUT2D eigenvalue weighted by Gasteiger charge is 2.42. The van der Waals surface area contributed by atoms with Crippen LogP contribution in [0.5, 0.6) is 0 Å². The van der Waals surface area contributed by atoms with Crippen molar-refractivity contribution in [3.05, 3.63) is 71.8 Å². The second kappa shape index (κ2) is 9.40. The van der Waals surface area contributed by atoms with E-state index >= 15 is 0 Å². The zero-order valence-electron chi connectivity index (χ0n) is 16.4. The molecule has 3 N–H and O–H groups in total. The molecule has 0 aliphatic heterocycles. The number of urea groups is 1. The lowest BCUT2D eigenvalue weighted by Crippen LogP contribution is -2.59. The molecule has 5 nitrogen and oxygen atoms in total. The number of hydrogen-bond donors (Lipinski definition) is 3. The molecule has 1 fully saturated rings. The van der Waals surface area contributed by atoms with Crippen LogP contribution in [-0.4, -0.2) is 24.0 Å². The van der Waals surface area contributed by atoms with E-state index < -0.39 is 5.54 Å². The van der Waals surface area contributed by atoms with Crippen molar-refractivity contribution in [3.8, 4) is 0 Å². The molecule has 1 aliphatic rings. The van der Waals surface area contributed by atoms with Crippen LogP contribution in [0.1, 0.15) is 49.7 Å². The van der Waals surface area contributed by atoms with E-state index in [0.29, 0.717) is 25.9 Å². The van der Waals surface area contributed by atoms with Gasteiger partial charge in [0.05, 0.1) is 0 Å². The number of rotatable bonds is 7. The summed E-state index contributed by atoms with van der Waals surface area (Å²) in [5.41, 5.74) is 1.41. The van der Waals surface area contributed by atoms with Crippen LogP contribution in [0.4, 0.5) is 4.79 Å². The van der Waals surface area contributed by atoms with Gasteiger partial charge < -0.3 is 16.0 Å². The number of benzene rings is 2. The molecule has 1 atom stereocenters. The standard InChI is InChI=1S/C23H29N3O2/c1-18(20-12-6-3-7-13-20)16-24-21(27)23(14-8-9-15-23)26-22(28)25-17-19-10-4-2-5-11-19/h2-7,10-13,18H,8-9,14-17H2,1H3,(H,24,27)(H2,25,26,28)/t18-/m0/s1. The van der Waals surface area contributed by atoms with E-state index in [1.54, 1.807) is 0 Å². The molecule has 5 heteroatoms. The summed E-state index contributed by atoms with van der Waals surface area (Å²) in [6, 6.07) is 19.6. The summed E-state index contributed by atoms with van der Waals surface area (Å²) in [5, 5.41) is 8.89. The molecular weight excluding hydrogens is 350 g/mol. The maximum atomic E-state index is 13.0. The Labute approximate surface area is 166 Å². The zero-order chi connectivity index (χ0) is 19.8. The third kappa shape index (κ3) is 5.12. The summed E-state index contributed by atoms with van der Waals surface area (Å²) >= 11 is 0. The van der Waals surface area contributed by atoms with Crippen molar-refractivity contribution in [2.24, 2.45) is 0 Å². The van der Waals surface area contributed by atoms with E-state index in [1.807, 2.05) is 48.5 Å². The predicted octanol–water partition coefficient (Wildman–Crippen LogP) is 3.72. The molecular formula is C23H29N3O2. The monoisotopic (exact) mass is 379 g/mol. The molecule has 0 aromatic heterocycles. The second-order valence-electron chi connectivity index (χ2n) is 7.60. The third-order valence-electron chi connectivity index (χ3n) is 5.48. The van der Waals surface area contributed by atoms with Gasteiger partial charge in [0.2, 0.25) is 5.91 Å². The Morgan fingerprint density at radius 2 is 1.54 bits per heavy atom. The quantitative estimate of drug-likeness (QED) is 0.686. The molecule has 3 amide bonds. The van der Waals surface area contributed by atoms with Gasteiger partial charge >= 0.3 is 6.03 Å². The maximum Gasteiger partial charge on any atom is 0.315 e. The Bertz CT molecular complexity index is 771. The highest BCUT2D eigenvalue weighted by atomic mass is 16.2. The first-order chi connectivity index (χ1) is 13.6. The fraction of sp³-hybridized carbons (Fsp3) is 0.391. The lowest BCUT2D eigenvalue weighted by Gasteiger charge is -2.29. The van der Waals surface area contributed by atoms with Crippen molar-refractivity contribution in [1.82, 2.24) is 16.0 Å². The molecule has 1 saturated carbocycles. The van der Waals surface area contributed by atoms with Crippen LogP contribution in [0.25, 0.3) is 0 Å². The van der Waals surface area contributed by atoms with Gasteiger partial charge in [-0.05, 0) is 29.9 Å². The van der Waals surface area contributed by atoms with Crippen LogP contribution in [-0.2, 0) is 11.3 Å². The molecule has 1 aliphatic carbocycles. The highest BCUT2D eigenvalue weighted by Crippen LogP contribution is 2.30. The van der Waals surface area contributed by atoms with Gasteiger partial charge in [-0.1, -0.05) is 80.4 Å². The van der Waals surface area contributed by atoms with E-state index in [1.165, 1.54) is 5.56 Å². The van der Waals surface area contributed by atoms with Crippen molar-refractivity contribution in [2.45, 2.75) is 50.6 Å². The highest BCUT2D eigenvalue weighted by molar-refractivity contribution is 5.91. The average molecular weight is 380 g/mol. The van der Waals surface area contributed by atoms with E-state index in [9.17, 15) is 9.59 Å².